The minimum absolute atomic E-state index is 0.0302. The van der Waals surface area contributed by atoms with Gasteiger partial charge in [-0.1, -0.05) is 192 Å². The number of ether oxygens (including phenoxy) is 2. The van der Waals surface area contributed by atoms with E-state index in [-0.39, 0.29) is 12.5 Å². The van der Waals surface area contributed by atoms with Crippen LogP contribution in [0.4, 0.5) is 4.79 Å². The number of carbonyl (C=O) groups excluding carboxylic acids is 3. The molecule has 0 aromatic heterocycles. The SMILES string of the molecule is CCCCCCCCCCCCCCCC(=O)N(CCCCCCCCCCCCCC)[C@@H]1O[C@H](CO)[C@@H](O)[C@H](O)[C@H]1NC(=O)[C@H](C)NC(=O)OCc1ccccc1. The van der Waals surface area contributed by atoms with Crippen molar-refractivity contribution in [1.82, 2.24) is 15.5 Å². The zero-order chi connectivity index (χ0) is 42.2. The first-order valence-corrected chi connectivity index (χ1v) is 23.4. The lowest BCUT2D eigenvalue weighted by Crippen LogP contribution is -2.69. The van der Waals surface area contributed by atoms with E-state index in [0.29, 0.717) is 13.0 Å². The normalized spacial score (nSPS) is 19.7. The van der Waals surface area contributed by atoms with E-state index in [4.69, 9.17) is 9.47 Å². The first-order valence-electron chi connectivity index (χ1n) is 23.4. The zero-order valence-corrected chi connectivity index (χ0v) is 36.7. The van der Waals surface area contributed by atoms with Crippen molar-refractivity contribution in [3.8, 4) is 0 Å². The van der Waals surface area contributed by atoms with Crippen LogP contribution in [0.25, 0.3) is 0 Å². The molecule has 1 aliphatic rings. The molecule has 58 heavy (non-hydrogen) atoms. The van der Waals surface area contributed by atoms with E-state index in [0.717, 1.165) is 56.9 Å². The number of aliphatic hydroxyl groups is 3. The van der Waals surface area contributed by atoms with E-state index in [1.54, 1.807) is 4.90 Å². The van der Waals surface area contributed by atoms with Gasteiger partial charge in [-0.2, -0.15) is 0 Å². The third-order valence-corrected chi connectivity index (χ3v) is 11.5. The molecule has 0 saturated carbocycles. The fraction of sp³-hybridized carbons (Fsp3) is 0.809. The first-order chi connectivity index (χ1) is 28.2. The Hall–Kier alpha value is -2.73. The third-order valence-electron chi connectivity index (χ3n) is 11.5. The van der Waals surface area contributed by atoms with Crippen molar-refractivity contribution in [2.75, 3.05) is 13.2 Å². The van der Waals surface area contributed by atoms with Crippen LogP contribution in [0, 0.1) is 0 Å². The minimum atomic E-state index is -1.54. The van der Waals surface area contributed by atoms with Crippen molar-refractivity contribution in [2.24, 2.45) is 0 Å². The van der Waals surface area contributed by atoms with E-state index < -0.39 is 55.2 Å². The minimum Gasteiger partial charge on any atom is -0.445 e. The number of hydrogen-bond acceptors (Lipinski definition) is 8. The van der Waals surface area contributed by atoms with Crippen LogP contribution in [-0.4, -0.2) is 87.9 Å². The highest BCUT2D eigenvalue weighted by atomic mass is 16.6. The van der Waals surface area contributed by atoms with Gasteiger partial charge < -0.3 is 40.3 Å². The summed E-state index contributed by atoms with van der Waals surface area (Å²) in [5.41, 5.74) is 0.796. The van der Waals surface area contributed by atoms with Gasteiger partial charge in [-0.25, -0.2) is 4.79 Å². The molecule has 0 aliphatic carbocycles. The number of rotatable bonds is 34. The van der Waals surface area contributed by atoms with Gasteiger partial charge in [0.25, 0.3) is 0 Å². The summed E-state index contributed by atoms with van der Waals surface area (Å²) in [4.78, 5) is 41.6. The van der Waals surface area contributed by atoms with Crippen molar-refractivity contribution in [3.05, 3.63) is 35.9 Å². The average Bonchev–Trinajstić information content (AvgIpc) is 3.23. The summed E-state index contributed by atoms with van der Waals surface area (Å²) in [7, 11) is 0. The molecule has 2 rings (SSSR count). The monoisotopic (exact) mass is 818 g/mol. The molecule has 1 aromatic rings. The largest absolute Gasteiger partial charge is 0.445 e. The predicted molar refractivity (Wildman–Crippen MR) is 232 cm³/mol. The van der Waals surface area contributed by atoms with Crippen LogP contribution in [0.5, 0.6) is 0 Å². The Morgan fingerprint density at radius 2 is 1.16 bits per heavy atom. The number of alkyl carbamates (subject to hydrolysis) is 1. The highest BCUT2D eigenvalue weighted by Crippen LogP contribution is 2.26. The van der Waals surface area contributed by atoms with Gasteiger partial charge in [0.2, 0.25) is 11.8 Å². The molecule has 6 atom stereocenters. The number of unbranched alkanes of at least 4 members (excludes halogenated alkanes) is 23. The third kappa shape index (κ3) is 22.0. The van der Waals surface area contributed by atoms with Crippen molar-refractivity contribution >= 4 is 17.9 Å². The lowest BCUT2D eigenvalue weighted by molar-refractivity contribution is -0.231. The molecule has 1 aliphatic heterocycles. The summed E-state index contributed by atoms with van der Waals surface area (Å²) in [5, 5.41) is 37.5. The molecule has 5 N–H and O–H groups in total. The fourth-order valence-corrected chi connectivity index (χ4v) is 7.77. The second kappa shape index (κ2) is 33.0. The van der Waals surface area contributed by atoms with Crippen molar-refractivity contribution in [1.29, 1.82) is 0 Å². The molecule has 1 saturated heterocycles. The number of benzene rings is 1. The molecule has 0 radical (unpaired) electrons. The predicted octanol–water partition coefficient (Wildman–Crippen LogP) is 9.24. The topological polar surface area (TPSA) is 158 Å². The Morgan fingerprint density at radius 1 is 0.690 bits per heavy atom. The number of carbonyl (C=O) groups is 3. The molecule has 11 heteroatoms. The molecule has 334 valence electrons. The summed E-state index contributed by atoms with van der Waals surface area (Å²) in [6.07, 6.45) is 23.9. The summed E-state index contributed by atoms with van der Waals surface area (Å²) >= 11 is 0. The number of hydrogen-bond donors (Lipinski definition) is 5. The maximum atomic E-state index is 14.0. The number of nitrogens with zero attached hydrogens (tertiary/aromatic N) is 1. The Kier molecular flexibility index (Phi) is 29.3. The molecular formula is C47H83N3O8. The molecule has 11 nitrogen and oxygen atoms in total. The summed E-state index contributed by atoms with van der Waals surface area (Å²) in [6.45, 7) is 5.79. The van der Waals surface area contributed by atoms with Crippen LogP contribution in [0.3, 0.4) is 0 Å². The zero-order valence-electron chi connectivity index (χ0n) is 36.7. The molecule has 1 fully saturated rings. The number of aliphatic hydroxyl groups excluding tert-OH is 3. The molecule has 1 aromatic carbocycles. The molecule has 1 heterocycles. The van der Waals surface area contributed by atoms with Gasteiger partial charge in [0.1, 0.15) is 37.0 Å². The quantitative estimate of drug-likeness (QED) is 0.0431. The Bertz CT molecular complexity index is 1190. The lowest BCUT2D eigenvalue weighted by Gasteiger charge is -2.47. The van der Waals surface area contributed by atoms with Crippen LogP contribution < -0.4 is 10.6 Å². The van der Waals surface area contributed by atoms with Gasteiger partial charge in [-0.3, -0.25) is 9.59 Å². The number of nitrogens with one attached hydrogen (secondary N) is 2. The van der Waals surface area contributed by atoms with Gasteiger partial charge in [0, 0.05) is 13.0 Å². The maximum Gasteiger partial charge on any atom is 0.408 e. The van der Waals surface area contributed by atoms with E-state index >= 15 is 0 Å². The van der Waals surface area contributed by atoms with Crippen LogP contribution in [-0.2, 0) is 25.7 Å². The Balaban J connectivity index is 1.99. The Morgan fingerprint density at radius 3 is 1.64 bits per heavy atom. The van der Waals surface area contributed by atoms with Crippen LogP contribution in [0.2, 0.25) is 0 Å². The second-order valence-electron chi connectivity index (χ2n) is 16.7. The van der Waals surface area contributed by atoms with E-state index in [2.05, 4.69) is 24.5 Å². The van der Waals surface area contributed by atoms with Crippen molar-refractivity contribution in [3.63, 3.8) is 0 Å². The van der Waals surface area contributed by atoms with Gasteiger partial charge >= 0.3 is 6.09 Å². The molecule has 0 bridgehead atoms. The van der Waals surface area contributed by atoms with Crippen LogP contribution in [0.15, 0.2) is 30.3 Å². The van der Waals surface area contributed by atoms with E-state index in [1.807, 2.05) is 30.3 Å². The highest BCUT2D eigenvalue weighted by Gasteiger charge is 2.48. The van der Waals surface area contributed by atoms with Gasteiger partial charge in [-0.05, 0) is 25.3 Å². The smallest absolute Gasteiger partial charge is 0.408 e. The van der Waals surface area contributed by atoms with Crippen molar-refractivity contribution < 1.29 is 39.2 Å². The van der Waals surface area contributed by atoms with Crippen LogP contribution >= 0.6 is 0 Å². The van der Waals surface area contributed by atoms with E-state index in [1.165, 1.54) is 116 Å². The van der Waals surface area contributed by atoms with Gasteiger partial charge in [-0.15, -0.1) is 0 Å². The average molecular weight is 818 g/mol. The fourth-order valence-electron chi connectivity index (χ4n) is 7.77. The lowest BCUT2D eigenvalue weighted by atomic mass is 9.94. The standard InChI is InChI=1S/C47H83N3O8/c1-4-6-8-10-12-14-16-18-19-21-23-25-30-34-41(52)50(35-31-26-24-22-20-17-15-13-11-9-7-5-2)46-42(44(54)43(53)40(36-51)58-46)49-45(55)38(3)48-47(56)57-37-39-32-28-27-29-33-39/h27-29,32-33,38,40,42-44,46,51,53-54H,4-26,30-31,34-37H2,1-3H3,(H,48,56)(H,49,55)/t38-,40+,42+,43+,44+,46+/m0/s1. The highest BCUT2D eigenvalue weighted by molar-refractivity contribution is 5.85. The molecule has 3 amide bonds. The first kappa shape index (κ1) is 51.4. The summed E-state index contributed by atoms with van der Waals surface area (Å²) in [5.74, 6) is -0.787. The Labute approximate surface area is 351 Å². The van der Waals surface area contributed by atoms with Gasteiger partial charge in [0.05, 0.1) is 6.61 Å². The van der Waals surface area contributed by atoms with Crippen molar-refractivity contribution in [2.45, 2.75) is 231 Å². The maximum absolute atomic E-state index is 14.0. The number of amides is 3. The van der Waals surface area contributed by atoms with Crippen LogP contribution in [0.1, 0.15) is 193 Å². The summed E-state index contributed by atoms with van der Waals surface area (Å²) in [6, 6.07) is 6.91. The van der Waals surface area contributed by atoms with Gasteiger partial charge in [0.15, 0.2) is 6.23 Å². The van der Waals surface area contributed by atoms with E-state index in [9.17, 15) is 29.7 Å². The summed E-state index contributed by atoms with van der Waals surface area (Å²) < 4.78 is 11.4. The molecular weight excluding hydrogens is 735 g/mol. The molecule has 0 spiro atoms. The molecule has 0 unspecified atom stereocenters. The second-order valence-corrected chi connectivity index (χ2v) is 16.7.